The summed E-state index contributed by atoms with van der Waals surface area (Å²) in [4.78, 5) is 0. The van der Waals surface area contributed by atoms with Crippen LogP contribution in [0.4, 0.5) is 0 Å². The third kappa shape index (κ3) is 6.50. The monoisotopic (exact) mass is 654 g/mol. The second-order valence-corrected chi connectivity index (χ2v) is 15.9. The molecule has 1 heteroatoms. The van der Waals surface area contributed by atoms with Crippen LogP contribution in [-0.2, 0) is 0 Å². The normalized spacial score (nSPS) is 11.3. The van der Waals surface area contributed by atoms with Crippen molar-refractivity contribution in [1.29, 1.82) is 0 Å². The van der Waals surface area contributed by atoms with Crippen molar-refractivity contribution < 1.29 is 0 Å². The van der Waals surface area contributed by atoms with Gasteiger partial charge in [0.05, 0.1) is 0 Å². The highest BCUT2D eigenvalue weighted by Crippen LogP contribution is 2.36. The number of aryl methyl sites for hydroxylation is 12. The lowest BCUT2D eigenvalue weighted by Gasteiger charge is -2.25. The van der Waals surface area contributed by atoms with Gasteiger partial charge in [0.2, 0.25) is 0 Å². The van der Waals surface area contributed by atoms with Gasteiger partial charge in [0.25, 0.3) is 0 Å². The maximum absolute atomic E-state index is 2.38. The fourth-order valence-electron chi connectivity index (χ4n) is 8.75. The standard InChI is InChI=1S/C48H50Si/c1-27-19-31(5)43(32(6)20-27)39-15-13-16-40(44-33(7)21-28(2)22-34(44)8)47(39)49-48-41(45-35(9)23-29(3)24-36(45)10)17-14-18-42(48)46-37(11)25-30(4)26-38(46)12/h13-26H,1-12H3. The molecule has 0 N–H and O–H groups in total. The van der Waals surface area contributed by atoms with E-state index in [0.29, 0.717) is 9.52 Å². The SMILES string of the molecule is Cc1cc(C)c(-c2cccc(-c3c(C)cc(C)cc3C)c2[Si]c2c(-c3c(C)cc(C)cc3C)cccc2-c2c(C)cc(C)cc2C)c(C)c1. The molecule has 0 unspecified atom stereocenters. The summed E-state index contributed by atoms with van der Waals surface area (Å²) in [5.41, 5.74) is 26.8. The van der Waals surface area contributed by atoms with E-state index >= 15 is 0 Å². The van der Waals surface area contributed by atoms with Crippen molar-refractivity contribution in [3.8, 4) is 44.5 Å². The number of hydrogen-bond donors (Lipinski definition) is 0. The smallest absolute Gasteiger partial charge is 0.0610 e. The summed E-state index contributed by atoms with van der Waals surface area (Å²) in [5, 5.41) is 2.84. The van der Waals surface area contributed by atoms with Crippen LogP contribution in [0.3, 0.4) is 0 Å². The van der Waals surface area contributed by atoms with Crippen molar-refractivity contribution >= 4 is 19.9 Å². The average Bonchev–Trinajstić information content (AvgIpc) is 2.97. The molecule has 0 saturated heterocycles. The Labute approximate surface area is 298 Å². The van der Waals surface area contributed by atoms with Crippen LogP contribution in [0, 0.1) is 83.1 Å². The van der Waals surface area contributed by atoms with Crippen molar-refractivity contribution in [2.24, 2.45) is 0 Å². The lowest BCUT2D eigenvalue weighted by Crippen LogP contribution is -2.34. The molecule has 0 amide bonds. The van der Waals surface area contributed by atoms with E-state index < -0.39 is 0 Å². The number of benzene rings is 6. The van der Waals surface area contributed by atoms with Crippen molar-refractivity contribution in [3.63, 3.8) is 0 Å². The molecular formula is C48H50Si. The first-order chi connectivity index (χ1) is 23.2. The first-order valence-electron chi connectivity index (χ1n) is 17.6. The molecule has 0 fully saturated rings. The van der Waals surface area contributed by atoms with Crippen molar-refractivity contribution in [2.75, 3.05) is 0 Å². The lowest BCUT2D eigenvalue weighted by atomic mass is 9.88. The number of hydrogen-bond acceptors (Lipinski definition) is 0. The maximum Gasteiger partial charge on any atom is 0.124 e. The minimum Gasteiger partial charge on any atom is -0.0610 e. The van der Waals surface area contributed by atoms with Crippen molar-refractivity contribution in [3.05, 3.63) is 152 Å². The molecule has 6 rings (SSSR count). The molecule has 0 aromatic heterocycles. The predicted octanol–water partition coefficient (Wildman–Crippen LogP) is 11.7. The zero-order valence-corrected chi connectivity index (χ0v) is 32.6. The third-order valence-corrected chi connectivity index (χ3v) is 11.7. The molecule has 0 aliphatic rings. The zero-order valence-electron chi connectivity index (χ0n) is 31.6. The summed E-state index contributed by atoms with van der Waals surface area (Å²) in [6.45, 7) is 27.1. The fourth-order valence-corrected chi connectivity index (χ4v) is 10.4. The van der Waals surface area contributed by atoms with E-state index in [1.165, 1.54) is 122 Å². The van der Waals surface area contributed by atoms with Gasteiger partial charge in [-0.05, 0) is 182 Å². The zero-order chi connectivity index (χ0) is 35.3. The second-order valence-electron chi connectivity index (χ2n) is 14.7. The van der Waals surface area contributed by atoms with Gasteiger partial charge in [-0.3, -0.25) is 0 Å². The van der Waals surface area contributed by atoms with Gasteiger partial charge in [0.15, 0.2) is 0 Å². The van der Waals surface area contributed by atoms with Crippen LogP contribution in [0.5, 0.6) is 0 Å². The quantitative estimate of drug-likeness (QED) is 0.157. The Balaban J connectivity index is 1.76. The van der Waals surface area contributed by atoms with E-state index in [4.69, 9.17) is 0 Å². The molecule has 2 radical (unpaired) electrons. The van der Waals surface area contributed by atoms with E-state index in [-0.39, 0.29) is 0 Å². The Hall–Kier alpha value is -4.46. The summed E-state index contributed by atoms with van der Waals surface area (Å²) < 4.78 is 0. The van der Waals surface area contributed by atoms with Gasteiger partial charge in [-0.25, -0.2) is 0 Å². The maximum atomic E-state index is 2.38. The van der Waals surface area contributed by atoms with Crippen LogP contribution in [0.1, 0.15) is 66.8 Å². The van der Waals surface area contributed by atoms with Gasteiger partial charge in [-0.2, -0.15) is 0 Å². The molecular weight excluding hydrogens is 605 g/mol. The number of rotatable bonds is 6. The van der Waals surface area contributed by atoms with E-state index in [1.807, 2.05) is 0 Å². The predicted molar refractivity (Wildman–Crippen MR) is 216 cm³/mol. The lowest BCUT2D eigenvalue weighted by molar-refractivity contribution is 1.31. The molecule has 0 aliphatic heterocycles. The van der Waals surface area contributed by atoms with Crippen LogP contribution in [0.15, 0.2) is 84.9 Å². The first-order valence-corrected chi connectivity index (χ1v) is 18.6. The first kappa shape index (κ1) is 34.4. The summed E-state index contributed by atoms with van der Waals surface area (Å²) in [6.07, 6.45) is 0. The molecule has 0 heterocycles. The third-order valence-electron chi connectivity index (χ3n) is 10.2. The van der Waals surface area contributed by atoms with E-state index in [9.17, 15) is 0 Å². The molecule has 6 aromatic rings. The Morgan fingerprint density at radius 3 is 0.653 bits per heavy atom. The summed E-state index contributed by atoms with van der Waals surface area (Å²) in [6, 6.07) is 32.9. The van der Waals surface area contributed by atoms with Crippen LogP contribution >= 0.6 is 0 Å². The van der Waals surface area contributed by atoms with Gasteiger partial charge < -0.3 is 0 Å². The summed E-state index contributed by atoms with van der Waals surface area (Å²) in [7, 11) is 0.434. The molecule has 0 spiro atoms. The van der Waals surface area contributed by atoms with Crippen LogP contribution in [0.2, 0.25) is 0 Å². The minimum absolute atomic E-state index is 0.434. The van der Waals surface area contributed by atoms with Gasteiger partial charge in [-0.15, -0.1) is 0 Å². The topological polar surface area (TPSA) is 0 Å². The van der Waals surface area contributed by atoms with Gasteiger partial charge >= 0.3 is 0 Å². The highest BCUT2D eigenvalue weighted by atomic mass is 28.2. The van der Waals surface area contributed by atoms with E-state index in [2.05, 4.69) is 168 Å². The molecule has 246 valence electrons. The van der Waals surface area contributed by atoms with Gasteiger partial charge in [0.1, 0.15) is 9.52 Å². The average molecular weight is 655 g/mol. The van der Waals surface area contributed by atoms with Crippen LogP contribution < -0.4 is 10.4 Å². The van der Waals surface area contributed by atoms with Crippen molar-refractivity contribution in [1.82, 2.24) is 0 Å². The Morgan fingerprint density at radius 1 is 0.286 bits per heavy atom. The highest BCUT2D eigenvalue weighted by Gasteiger charge is 2.24. The molecule has 0 aliphatic carbocycles. The largest absolute Gasteiger partial charge is 0.124 e. The molecule has 0 atom stereocenters. The van der Waals surface area contributed by atoms with Crippen LogP contribution in [-0.4, -0.2) is 9.52 Å². The Morgan fingerprint density at radius 2 is 0.469 bits per heavy atom. The molecule has 0 bridgehead atoms. The Bertz CT molecular complexity index is 1860. The molecule has 6 aromatic carbocycles. The highest BCUT2D eigenvalue weighted by molar-refractivity contribution is 6.73. The summed E-state index contributed by atoms with van der Waals surface area (Å²) in [5.74, 6) is 0. The van der Waals surface area contributed by atoms with Gasteiger partial charge in [0, 0.05) is 0 Å². The fraction of sp³-hybridized carbons (Fsp3) is 0.250. The molecule has 0 nitrogen and oxygen atoms in total. The van der Waals surface area contributed by atoms with Crippen molar-refractivity contribution in [2.45, 2.75) is 83.1 Å². The second kappa shape index (κ2) is 13.4. The minimum atomic E-state index is 0.434. The summed E-state index contributed by atoms with van der Waals surface area (Å²) >= 11 is 0. The van der Waals surface area contributed by atoms with E-state index in [1.54, 1.807) is 0 Å². The molecule has 0 saturated carbocycles. The molecule has 49 heavy (non-hydrogen) atoms. The van der Waals surface area contributed by atoms with Gasteiger partial charge in [-0.1, -0.05) is 107 Å². The Kier molecular flexibility index (Phi) is 9.44. The van der Waals surface area contributed by atoms with E-state index in [0.717, 1.165) is 0 Å². The van der Waals surface area contributed by atoms with Crippen LogP contribution in [0.25, 0.3) is 44.5 Å².